The molecular formula is C14H22N4O. The highest BCUT2D eigenvalue weighted by Gasteiger charge is 2.19. The summed E-state index contributed by atoms with van der Waals surface area (Å²) >= 11 is 0. The van der Waals surface area contributed by atoms with Crippen LogP contribution in [0.2, 0.25) is 0 Å². The summed E-state index contributed by atoms with van der Waals surface area (Å²) in [6, 6.07) is 4.49. The second-order valence-corrected chi connectivity index (χ2v) is 4.95. The smallest absolute Gasteiger partial charge is 0.219 e. The van der Waals surface area contributed by atoms with E-state index < -0.39 is 0 Å². The van der Waals surface area contributed by atoms with Crippen molar-refractivity contribution in [1.29, 1.82) is 0 Å². The van der Waals surface area contributed by atoms with Crippen LogP contribution in [0.5, 0.6) is 0 Å². The summed E-state index contributed by atoms with van der Waals surface area (Å²) in [5.41, 5.74) is 1.24. The minimum Gasteiger partial charge on any atom is -0.353 e. The van der Waals surface area contributed by atoms with E-state index in [0.717, 1.165) is 32.0 Å². The van der Waals surface area contributed by atoms with Crippen molar-refractivity contribution >= 4 is 11.7 Å². The Hall–Kier alpha value is -1.62. The van der Waals surface area contributed by atoms with Crippen molar-refractivity contribution < 1.29 is 4.79 Å². The van der Waals surface area contributed by atoms with Crippen LogP contribution in [0.15, 0.2) is 18.3 Å². The normalized spacial score (nSPS) is 17.4. The molecule has 1 saturated heterocycles. The quantitative estimate of drug-likeness (QED) is 0.884. The molecular weight excluding hydrogens is 240 g/mol. The van der Waals surface area contributed by atoms with Gasteiger partial charge in [0.15, 0.2) is 0 Å². The topological polar surface area (TPSA) is 48.5 Å². The number of anilines is 1. The Morgan fingerprint density at radius 3 is 2.63 bits per heavy atom. The third-order valence-corrected chi connectivity index (χ3v) is 3.75. The number of hydrogen-bond acceptors (Lipinski definition) is 4. The van der Waals surface area contributed by atoms with E-state index >= 15 is 0 Å². The van der Waals surface area contributed by atoms with E-state index in [-0.39, 0.29) is 5.91 Å². The number of pyridine rings is 1. The van der Waals surface area contributed by atoms with Gasteiger partial charge in [0.25, 0.3) is 0 Å². The molecule has 1 N–H and O–H groups in total. The highest BCUT2D eigenvalue weighted by atomic mass is 16.2. The molecule has 1 aliphatic heterocycles. The van der Waals surface area contributed by atoms with Crippen LogP contribution >= 0.6 is 0 Å². The number of carbonyl (C=O) groups excluding carboxylic acids is 1. The molecule has 19 heavy (non-hydrogen) atoms. The Kier molecular flexibility index (Phi) is 4.37. The van der Waals surface area contributed by atoms with Gasteiger partial charge in [-0.25, -0.2) is 4.98 Å². The molecule has 1 aromatic heterocycles. The van der Waals surface area contributed by atoms with Crippen LogP contribution in [0.1, 0.15) is 25.5 Å². The Labute approximate surface area is 114 Å². The van der Waals surface area contributed by atoms with Gasteiger partial charge in [0.05, 0.1) is 0 Å². The first-order valence-electron chi connectivity index (χ1n) is 6.75. The van der Waals surface area contributed by atoms with Crippen molar-refractivity contribution in [3.05, 3.63) is 23.9 Å². The number of amides is 1. The molecule has 0 aromatic carbocycles. The first-order valence-corrected chi connectivity index (χ1v) is 6.75. The van der Waals surface area contributed by atoms with Crippen molar-refractivity contribution in [2.24, 2.45) is 0 Å². The molecule has 0 spiro atoms. The molecule has 0 aliphatic carbocycles. The van der Waals surface area contributed by atoms with Crippen LogP contribution in [0.3, 0.4) is 0 Å². The first kappa shape index (κ1) is 13.8. The summed E-state index contributed by atoms with van der Waals surface area (Å²) in [7, 11) is 1.95. The second kappa shape index (κ2) is 6.02. The molecule has 5 nitrogen and oxygen atoms in total. The van der Waals surface area contributed by atoms with Crippen molar-refractivity contribution in [2.75, 3.05) is 38.1 Å². The Balaban J connectivity index is 2.05. The third kappa shape index (κ3) is 3.23. The molecule has 2 rings (SSSR count). The second-order valence-electron chi connectivity index (χ2n) is 4.95. The number of nitrogens with zero attached hydrogens (tertiary/aromatic N) is 3. The van der Waals surface area contributed by atoms with Gasteiger partial charge in [-0.15, -0.1) is 0 Å². The fourth-order valence-electron chi connectivity index (χ4n) is 2.29. The van der Waals surface area contributed by atoms with Gasteiger partial charge < -0.3 is 15.1 Å². The van der Waals surface area contributed by atoms with Gasteiger partial charge >= 0.3 is 0 Å². The van der Waals surface area contributed by atoms with E-state index in [9.17, 15) is 4.79 Å². The van der Waals surface area contributed by atoms with Crippen molar-refractivity contribution in [3.8, 4) is 0 Å². The first-order chi connectivity index (χ1) is 9.11. The lowest BCUT2D eigenvalue weighted by Gasteiger charge is -2.35. The van der Waals surface area contributed by atoms with Crippen LogP contribution in [-0.4, -0.2) is 49.0 Å². The van der Waals surface area contributed by atoms with E-state index in [1.165, 1.54) is 5.56 Å². The summed E-state index contributed by atoms with van der Waals surface area (Å²) in [4.78, 5) is 19.9. The highest BCUT2D eigenvalue weighted by Crippen LogP contribution is 2.19. The zero-order chi connectivity index (χ0) is 13.8. The largest absolute Gasteiger partial charge is 0.353 e. The van der Waals surface area contributed by atoms with Gasteiger partial charge in [-0.1, -0.05) is 0 Å². The summed E-state index contributed by atoms with van der Waals surface area (Å²) in [6.07, 6.45) is 1.86. The van der Waals surface area contributed by atoms with Crippen LogP contribution < -0.4 is 10.2 Å². The number of nitrogens with one attached hydrogen (secondary N) is 1. The summed E-state index contributed by atoms with van der Waals surface area (Å²) in [6.45, 7) is 7.02. The van der Waals surface area contributed by atoms with Crippen LogP contribution in [0, 0.1) is 0 Å². The zero-order valence-electron chi connectivity index (χ0n) is 11.9. The fraction of sp³-hybridized carbons (Fsp3) is 0.571. The summed E-state index contributed by atoms with van der Waals surface area (Å²) < 4.78 is 0. The van der Waals surface area contributed by atoms with Gasteiger partial charge in [-0.3, -0.25) is 4.79 Å². The van der Waals surface area contributed by atoms with E-state index in [0.29, 0.717) is 6.04 Å². The van der Waals surface area contributed by atoms with Crippen LogP contribution in [0.25, 0.3) is 0 Å². The van der Waals surface area contributed by atoms with E-state index in [1.54, 1.807) is 6.92 Å². The van der Waals surface area contributed by atoms with Crippen LogP contribution in [0.4, 0.5) is 5.82 Å². The van der Waals surface area contributed by atoms with Gasteiger partial charge in [-0.05, 0) is 31.7 Å². The number of hydrogen-bond donors (Lipinski definition) is 1. The molecule has 1 unspecified atom stereocenters. The molecule has 0 bridgehead atoms. The van der Waals surface area contributed by atoms with Crippen molar-refractivity contribution in [3.63, 3.8) is 0 Å². The molecule has 1 atom stereocenters. The monoisotopic (exact) mass is 262 g/mol. The highest BCUT2D eigenvalue weighted by molar-refractivity contribution is 5.73. The van der Waals surface area contributed by atoms with Crippen molar-refractivity contribution in [2.45, 2.75) is 19.9 Å². The van der Waals surface area contributed by atoms with Gasteiger partial charge in [0, 0.05) is 45.3 Å². The standard InChI is InChI=1S/C14H22N4O/c1-11(15-3)13-4-5-16-14(10-13)18-8-6-17(7-9-18)12(2)19/h4-5,10-11,15H,6-9H2,1-3H3. The zero-order valence-corrected chi connectivity index (χ0v) is 11.9. The van der Waals surface area contributed by atoms with Crippen molar-refractivity contribution in [1.82, 2.24) is 15.2 Å². The number of rotatable bonds is 3. The molecule has 2 heterocycles. The van der Waals surface area contributed by atoms with E-state index in [4.69, 9.17) is 0 Å². The minimum atomic E-state index is 0.158. The Morgan fingerprint density at radius 1 is 1.37 bits per heavy atom. The maximum atomic E-state index is 11.3. The lowest BCUT2D eigenvalue weighted by atomic mass is 10.1. The average molecular weight is 262 g/mol. The third-order valence-electron chi connectivity index (χ3n) is 3.75. The molecule has 1 aromatic rings. The van der Waals surface area contributed by atoms with Gasteiger partial charge in [0.1, 0.15) is 5.82 Å². The molecule has 5 heteroatoms. The average Bonchev–Trinajstić information content (AvgIpc) is 2.46. The molecule has 1 amide bonds. The predicted molar refractivity (Wildman–Crippen MR) is 76.2 cm³/mol. The van der Waals surface area contributed by atoms with Gasteiger partial charge in [-0.2, -0.15) is 0 Å². The van der Waals surface area contributed by atoms with Crippen LogP contribution in [-0.2, 0) is 4.79 Å². The molecule has 0 radical (unpaired) electrons. The lowest BCUT2D eigenvalue weighted by molar-refractivity contribution is -0.129. The molecule has 1 fully saturated rings. The lowest BCUT2D eigenvalue weighted by Crippen LogP contribution is -2.48. The van der Waals surface area contributed by atoms with E-state index in [1.807, 2.05) is 24.2 Å². The molecule has 0 saturated carbocycles. The maximum Gasteiger partial charge on any atom is 0.219 e. The predicted octanol–water partition coefficient (Wildman–Crippen LogP) is 1.03. The number of carbonyl (C=O) groups is 1. The SMILES string of the molecule is CNC(C)c1ccnc(N2CCN(C(C)=O)CC2)c1. The van der Waals surface area contributed by atoms with Gasteiger partial charge in [0.2, 0.25) is 5.91 Å². The number of piperazine rings is 1. The minimum absolute atomic E-state index is 0.158. The Morgan fingerprint density at radius 2 is 2.05 bits per heavy atom. The maximum absolute atomic E-state index is 11.3. The molecule has 104 valence electrons. The molecule has 1 aliphatic rings. The number of aromatic nitrogens is 1. The fourth-order valence-corrected chi connectivity index (χ4v) is 2.29. The summed E-state index contributed by atoms with van der Waals surface area (Å²) in [5, 5.41) is 3.23. The summed E-state index contributed by atoms with van der Waals surface area (Å²) in [5.74, 6) is 1.16. The Bertz CT molecular complexity index is 441. The van der Waals surface area contributed by atoms with E-state index in [2.05, 4.69) is 28.2 Å².